The Hall–Kier alpha value is -2.65. The van der Waals surface area contributed by atoms with Crippen LogP contribution in [-0.2, 0) is 11.0 Å². The zero-order valence-corrected chi connectivity index (χ0v) is 25.2. The molecule has 1 aromatic carbocycles. The topological polar surface area (TPSA) is 89.3 Å². The molecular formula is C31H35Cl2F3N2O4. The Bertz CT molecular complexity index is 1360. The van der Waals surface area contributed by atoms with Crippen LogP contribution in [0.2, 0.25) is 10.0 Å². The van der Waals surface area contributed by atoms with Gasteiger partial charge in [-0.3, -0.25) is 19.1 Å². The second kappa shape index (κ2) is 12.9. The van der Waals surface area contributed by atoms with E-state index in [-0.39, 0.29) is 65.8 Å². The SMILES string of the molecule is Cc1cc(Cl)c(C(=O)C/C=C(/CC(=O)c2cnn(C3CCC(C)(C(=O)O)CC3)c2C(F)(F)F)C2CCCCC2)c(Cl)c1. The lowest BCUT2D eigenvalue weighted by atomic mass is 9.74. The number of aromatic nitrogens is 2. The van der Waals surface area contributed by atoms with Crippen molar-refractivity contribution in [2.24, 2.45) is 11.3 Å². The summed E-state index contributed by atoms with van der Waals surface area (Å²) in [6, 6.07) is 2.62. The predicted molar refractivity (Wildman–Crippen MR) is 154 cm³/mol. The average molecular weight is 628 g/mol. The number of aryl methyl sites for hydroxylation is 1. The standard InChI is InChI=1S/C31H35Cl2F3N2O4/c1-18-14-23(32)27(24(33)15-18)25(39)9-8-20(19-6-4-3-5-7-19)16-26(40)22-17-37-38(28(22)31(34,35)36)21-10-12-30(2,13-11-21)29(41)42/h8,14-15,17,19,21H,3-7,9-13,16H2,1-2H3,(H,41,42)/b20-8-. The van der Waals surface area contributed by atoms with Gasteiger partial charge in [0.25, 0.3) is 0 Å². The van der Waals surface area contributed by atoms with Crippen molar-refractivity contribution in [1.82, 2.24) is 9.78 Å². The van der Waals surface area contributed by atoms with Gasteiger partial charge < -0.3 is 5.11 Å². The number of carboxylic acid groups (broad SMARTS) is 1. The number of carbonyl (C=O) groups is 3. The third-order valence-corrected chi connectivity index (χ3v) is 9.39. The molecule has 11 heteroatoms. The van der Waals surface area contributed by atoms with Gasteiger partial charge in [-0.15, -0.1) is 0 Å². The fourth-order valence-corrected chi connectivity index (χ4v) is 7.06. The van der Waals surface area contributed by atoms with Crippen molar-refractivity contribution >= 4 is 40.7 Å². The largest absolute Gasteiger partial charge is 0.481 e. The average Bonchev–Trinajstić information content (AvgIpc) is 3.37. The summed E-state index contributed by atoms with van der Waals surface area (Å²) in [5.74, 6) is -2.03. The number of rotatable bonds is 9. The second-order valence-electron chi connectivity index (χ2n) is 11.9. The van der Waals surface area contributed by atoms with E-state index < -0.39 is 40.6 Å². The smallest absolute Gasteiger partial charge is 0.433 e. The van der Waals surface area contributed by atoms with Gasteiger partial charge in [-0.05, 0) is 76.0 Å². The maximum absolute atomic E-state index is 14.4. The molecule has 2 aliphatic carbocycles. The lowest BCUT2D eigenvalue weighted by molar-refractivity contribution is -0.152. The summed E-state index contributed by atoms with van der Waals surface area (Å²) in [4.78, 5) is 38.2. The first-order valence-electron chi connectivity index (χ1n) is 14.3. The molecule has 0 amide bonds. The summed E-state index contributed by atoms with van der Waals surface area (Å²) >= 11 is 12.6. The highest BCUT2D eigenvalue weighted by molar-refractivity contribution is 6.40. The van der Waals surface area contributed by atoms with Crippen molar-refractivity contribution < 1.29 is 32.7 Å². The highest BCUT2D eigenvalue weighted by atomic mass is 35.5. The van der Waals surface area contributed by atoms with Crippen molar-refractivity contribution in [3.63, 3.8) is 0 Å². The molecule has 0 radical (unpaired) electrons. The molecule has 1 aromatic heterocycles. The zero-order valence-electron chi connectivity index (χ0n) is 23.7. The normalized spacial score (nSPS) is 22.3. The molecule has 2 fully saturated rings. The van der Waals surface area contributed by atoms with Crippen LogP contribution in [0.3, 0.4) is 0 Å². The molecule has 0 bridgehead atoms. The number of carbonyl (C=O) groups excluding carboxylic acids is 2. The molecule has 2 saturated carbocycles. The molecule has 0 saturated heterocycles. The van der Waals surface area contributed by atoms with Gasteiger partial charge in [-0.2, -0.15) is 18.3 Å². The summed E-state index contributed by atoms with van der Waals surface area (Å²) in [5, 5.41) is 14.0. The summed E-state index contributed by atoms with van der Waals surface area (Å²) in [7, 11) is 0. The lowest BCUT2D eigenvalue weighted by Gasteiger charge is -2.34. The van der Waals surface area contributed by atoms with Gasteiger partial charge >= 0.3 is 12.1 Å². The Kier molecular flexibility index (Phi) is 9.93. The highest BCUT2D eigenvalue weighted by Crippen LogP contribution is 2.44. The fourth-order valence-electron chi connectivity index (χ4n) is 6.25. The van der Waals surface area contributed by atoms with Crippen LogP contribution in [0, 0.1) is 18.3 Å². The number of ketones is 2. The molecule has 0 aliphatic heterocycles. The van der Waals surface area contributed by atoms with Crippen LogP contribution in [0.1, 0.15) is 116 Å². The van der Waals surface area contributed by atoms with Gasteiger partial charge in [-0.25, -0.2) is 0 Å². The van der Waals surface area contributed by atoms with E-state index in [4.69, 9.17) is 23.2 Å². The van der Waals surface area contributed by atoms with Gasteiger partial charge in [0.2, 0.25) is 0 Å². The summed E-state index contributed by atoms with van der Waals surface area (Å²) in [5.41, 5.74) is -0.980. The Labute approximate surface area is 253 Å². The van der Waals surface area contributed by atoms with Crippen LogP contribution < -0.4 is 0 Å². The zero-order chi connectivity index (χ0) is 30.8. The molecule has 2 aromatic rings. The third-order valence-electron chi connectivity index (χ3n) is 8.79. The van der Waals surface area contributed by atoms with E-state index in [0.717, 1.165) is 48.5 Å². The summed E-state index contributed by atoms with van der Waals surface area (Å²) in [6.07, 6.45) is 2.78. The minimum absolute atomic E-state index is 0.0177. The Balaban J connectivity index is 1.60. The first-order valence-corrected chi connectivity index (χ1v) is 15.1. The van der Waals surface area contributed by atoms with Crippen molar-refractivity contribution in [1.29, 1.82) is 0 Å². The van der Waals surface area contributed by atoms with Crippen LogP contribution in [0.25, 0.3) is 0 Å². The van der Waals surface area contributed by atoms with E-state index in [0.29, 0.717) is 5.57 Å². The van der Waals surface area contributed by atoms with Gasteiger partial charge in [0.05, 0.1) is 38.8 Å². The van der Waals surface area contributed by atoms with Crippen molar-refractivity contribution in [3.8, 4) is 0 Å². The maximum Gasteiger partial charge on any atom is 0.433 e. The molecule has 1 N–H and O–H groups in total. The molecule has 0 atom stereocenters. The van der Waals surface area contributed by atoms with Gasteiger partial charge in [0.1, 0.15) is 0 Å². The maximum atomic E-state index is 14.4. The fraction of sp³-hybridized carbons (Fsp3) is 0.548. The van der Waals surface area contributed by atoms with Crippen molar-refractivity contribution in [3.05, 3.63) is 62.4 Å². The van der Waals surface area contributed by atoms with E-state index in [1.807, 2.05) is 0 Å². The first kappa shape index (κ1) is 32.3. The van der Waals surface area contributed by atoms with Crippen LogP contribution in [-0.4, -0.2) is 32.4 Å². The molecule has 4 rings (SSSR count). The molecule has 6 nitrogen and oxygen atoms in total. The minimum Gasteiger partial charge on any atom is -0.481 e. The summed E-state index contributed by atoms with van der Waals surface area (Å²) < 4.78 is 44.0. The third kappa shape index (κ3) is 7.10. The Morgan fingerprint density at radius 3 is 2.19 bits per heavy atom. The molecule has 42 heavy (non-hydrogen) atoms. The van der Waals surface area contributed by atoms with Gasteiger partial charge in [-0.1, -0.05) is 54.1 Å². The number of halogens is 5. The number of alkyl halides is 3. The Morgan fingerprint density at radius 1 is 1.05 bits per heavy atom. The quantitative estimate of drug-likeness (QED) is 0.221. The molecular weight excluding hydrogens is 592 g/mol. The van der Waals surface area contributed by atoms with E-state index in [1.165, 1.54) is 0 Å². The van der Waals surface area contributed by atoms with Crippen LogP contribution in [0.5, 0.6) is 0 Å². The molecule has 1 heterocycles. The number of hydrogen-bond donors (Lipinski definition) is 1. The van der Waals surface area contributed by atoms with E-state index in [2.05, 4.69) is 5.10 Å². The predicted octanol–water partition coefficient (Wildman–Crippen LogP) is 9.08. The first-order chi connectivity index (χ1) is 19.7. The van der Waals surface area contributed by atoms with Crippen molar-refractivity contribution in [2.45, 2.75) is 96.7 Å². The number of benzene rings is 1. The van der Waals surface area contributed by atoms with Gasteiger partial charge in [0.15, 0.2) is 17.3 Å². The second-order valence-corrected chi connectivity index (χ2v) is 12.7. The van der Waals surface area contributed by atoms with Gasteiger partial charge in [0, 0.05) is 12.8 Å². The van der Waals surface area contributed by atoms with Crippen LogP contribution >= 0.6 is 23.2 Å². The molecule has 0 spiro atoms. The Morgan fingerprint density at radius 2 is 1.64 bits per heavy atom. The number of hydrogen-bond acceptors (Lipinski definition) is 4. The van der Waals surface area contributed by atoms with Crippen LogP contribution in [0.15, 0.2) is 30.0 Å². The minimum atomic E-state index is -4.83. The lowest BCUT2D eigenvalue weighted by Crippen LogP contribution is -2.34. The molecule has 0 unspecified atom stereocenters. The number of carboxylic acids is 1. The van der Waals surface area contributed by atoms with E-state index in [9.17, 15) is 32.7 Å². The molecule has 228 valence electrons. The van der Waals surface area contributed by atoms with Crippen LogP contribution in [0.4, 0.5) is 13.2 Å². The molecule has 2 aliphatic rings. The highest BCUT2D eigenvalue weighted by Gasteiger charge is 2.44. The van der Waals surface area contributed by atoms with E-state index >= 15 is 0 Å². The number of aliphatic carboxylic acids is 1. The summed E-state index contributed by atoms with van der Waals surface area (Å²) in [6.45, 7) is 3.40. The number of nitrogens with zero attached hydrogens (tertiary/aromatic N) is 2. The number of allylic oxidation sites excluding steroid dienone is 2. The number of Topliss-reactive ketones (excluding diaryl/α,β-unsaturated/α-hetero) is 2. The van der Waals surface area contributed by atoms with Crippen molar-refractivity contribution in [2.75, 3.05) is 0 Å². The van der Waals surface area contributed by atoms with E-state index in [1.54, 1.807) is 32.1 Å². The monoisotopic (exact) mass is 626 g/mol.